The minimum Gasteiger partial charge on any atom is -0.370 e. The molecule has 3 heteroatoms. The number of nitrogens with one attached hydrogen (secondary N) is 1. The van der Waals surface area contributed by atoms with Gasteiger partial charge < -0.3 is 10.2 Å². The van der Waals surface area contributed by atoms with E-state index in [0.717, 1.165) is 31.7 Å². The predicted molar refractivity (Wildman–Crippen MR) is 80.4 cm³/mol. The zero-order valence-corrected chi connectivity index (χ0v) is 11.7. The van der Waals surface area contributed by atoms with Gasteiger partial charge in [0, 0.05) is 25.8 Å². The zero-order chi connectivity index (χ0) is 13.9. The molecule has 1 N–H and O–H groups in total. The normalized spacial score (nSPS) is 13.9. The topological polar surface area (TPSA) is 15.3 Å². The van der Waals surface area contributed by atoms with Crippen molar-refractivity contribution in [3.8, 4) is 0 Å². The summed E-state index contributed by atoms with van der Waals surface area (Å²) in [5, 5.41) is 3.40. The fourth-order valence-electron chi connectivity index (χ4n) is 2.69. The van der Waals surface area contributed by atoms with E-state index in [-0.39, 0.29) is 5.82 Å². The highest BCUT2D eigenvalue weighted by atomic mass is 19.1. The summed E-state index contributed by atoms with van der Waals surface area (Å²) < 4.78 is 12.9. The van der Waals surface area contributed by atoms with Gasteiger partial charge >= 0.3 is 0 Å². The van der Waals surface area contributed by atoms with Crippen LogP contribution in [0, 0.1) is 5.82 Å². The molecule has 0 fully saturated rings. The largest absolute Gasteiger partial charge is 0.370 e. The number of hydrogen-bond donors (Lipinski definition) is 1. The second-order valence-corrected chi connectivity index (χ2v) is 5.36. The highest BCUT2D eigenvalue weighted by molar-refractivity contribution is 5.46. The fourth-order valence-corrected chi connectivity index (χ4v) is 2.69. The molecule has 2 nitrogen and oxygen atoms in total. The quantitative estimate of drug-likeness (QED) is 0.922. The van der Waals surface area contributed by atoms with E-state index in [1.807, 2.05) is 19.2 Å². The van der Waals surface area contributed by atoms with Crippen molar-refractivity contribution in [3.63, 3.8) is 0 Å². The van der Waals surface area contributed by atoms with Crippen LogP contribution in [0.1, 0.15) is 16.7 Å². The summed E-state index contributed by atoms with van der Waals surface area (Å²) in [5.41, 5.74) is 5.18. The van der Waals surface area contributed by atoms with Gasteiger partial charge in [-0.2, -0.15) is 0 Å². The summed E-state index contributed by atoms with van der Waals surface area (Å²) >= 11 is 0. The lowest BCUT2D eigenvalue weighted by molar-refractivity contribution is 0.627. The van der Waals surface area contributed by atoms with E-state index < -0.39 is 0 Å². The van der Waals surface area contributed by atoms with Crippen LogP contribution in [0.15, 0.2) is 42.5 Å². The van der Waals surface area contributed by atoms with E-state index in [0.29, 0.717) is 0 Å². The molecule has 0 aromatic heterocycles. The number of rotatable bonds is 3. The lowest BCUT2D eigenvalue weighted by Gasteiger charge is -2.22. The third-order valence-electron chi connectivity index (χ3n) is 3.84. The Bertz CT molecular complexity index is 592. The third-order valence-corrected chi connectivity index (χ3v) is 3.84. The van der Waals surface area contributed by atoms with Crippen LogP contribution in [-0.4, -0.2) is 13.6 Å². The molecule has 104 valence electrons. The standard InChI is InChI=1S/C17H19FN2/c1-20(17-6-4-16(18)5-7-17)12-13-2-3-14-8-9-19-11-15(14)10-13/h2-7,10,19H,8-9,11-12H2,1H3. The number of nitrogens with zero attached hydrogens (tertiary/aromatic N) is 1. The van der Waals surface area contributed by atoms with Gasteiger partial charge in [-0.15, -0.1) is 0 Å². The second kappa shape index (κ2) is 5.63. The Morgan fingerprint density at radius 3 is 2.70 bits per heavy atom. The first-order valence-electron chi connectivity index (χ1n) is 7.00. The third kappa shape index (κ3) is 2.83. The number of hydrogen-bond acceptors (Lipinski definition) is 2. The van der Waals surface area contributed by atoms with Crippen molar-refractivity contribution in [2.24, 2.45) is 0 Å². The maximum atomic E-state index is 12.9. The molecule has 0 saturated heterocycles. The molecule has 1 aliphatic rings. The number of halogens is 1. The van der Waals surface area contributed by atoms with E-state index in [9.17, 15) is 4.39 Å². The highest BCUT2D eigenvalue weighted by Crippen LogP contribution is 2.19. The van der Waals surface area contributed by atoms with E-state index in [4.69, 9.17) is 0 Å². The number of fused-ring (bicyclic) bond motifs is 1. The van der Waals surface area contributed by atoms with Crippen molar-refractivity contribution in [3.05, 3.63) is 65.0 Å². The molecule has 3 rings (SSSR count). The zero-order valence-electron chi connectivity index (χ0n) is 11.7. The molecule has 0 atom stereocenters. The first-order valence-corrected chi connectivity index (χ1v) is 7.00. The summed E-state index contributed by atoms with van der Waals surface area (Å²) in [7, 11) is 2.03. The van der Waals surface area contributed by atoms with Crippen LogP contribution >= 0.6 is 0 Å². The van der Waals surface area contributed by atoms with Crippen LogP contribution in [0.5, 0.6) is 0 Å². The molecule has 0 radical (unpaired) electrons. The molecule has 20 heavy (non-hydrogen) atoms. The Balaban J connectivity index is 1.75. The van der Waals surface area contributed by atoms with Crippen molar-refractivity contribution < 1.29 is 4.39 Å². The molecule has 0 bridgehead atoms. The Kier molecular flexibility index (Phi) is 3.70. The van der Waals surface area contributed by atoms with Crippen molar-refractivity contribution >= 4 is 5.69 Å². The van der Waals surface area contributed by atoms with Gasteiger partial charge in [-0.1, -0.05) is 18.2 Å². The number of anilines is 1. The van der Waals surface area contributed by atoms with Crippen LogP contribution in [-0.2, 0) is 19.5 Å². The smallest absolute Gasteiger partial charge is 0.123 e. The van der Waals surface area contributed by atoms with Crippen LogP contribution in [0.4, 0.5) is 10.1 Å². The maximum Gasteiger partial charge on any atom is 0.123 e. The highest BCUT2D eigenvalue weighted by Gasteiger charge is 2.10. The van der Waals surface area contributed by atoms with E-state index in [1.54, 1.807) is 0 Å². The van der Waals surface area contributed by atoms with Gasteiger partial charge in [0.2, 0.25) is 0 Å². The van der Waals surface area contributed by atoms with Crippen LogP contribution in [0.25, 0.3) is 0 Å². The molecule has 0 unspecified atom stereocenters. The minimum absolute atomic E-state index is 0.193. The molecule has 1 heterocycles. The molecule has 2 aromatic carbocycles. The summed E-state index contributed by atoms with van der Waals surface area (Å²) in [6.45, 7) is 2.87. The van der Waals surface area contributed by atoms with Crippen LogP contribution < -0.4 is 10.2 Å². The predicted octanol–water partition coefficient (Wildman–Crippen LogP) is 3.11. The average Bonchev–Trinajstić information content (AvgIpc) is 2.48. The van der Waals surface area contributed by atoms with Gasteiger partial charge in [-0.25, -0.2) is 4.39 Å². The number of benzene rings is 2. The van der Waals surface area contributed by atoms with Gasteiger partial charge in [-0.05, 0) is 53.9 Å². The Labute approximate surface area is 119 Å². The van der Waals surface area contributed by atoms with E-state index in [2.05, 4.69) is 28.4 Å². The molecular weight excluding hydrogens is 251 g/mol. The first-order chi connectivity index (χ1) is 9.72. The molecule has 0 saturated carbocycles. The van der Waals surface area contributed by atoms with Gasteiger partial charge in [0.15, 0.2) is 0 Å². The SMILES string of the molecule is CN(Cc1ccc2c(c1)CNCC2)c1ccc(F)cc1. The van der Waals surface area contributed by atoms with Gasteiger partial charge in [0.1, 0.15) is 5.82 Å². The lowest BCUT2D eigenvalue weighted by atomic mass is 9.98. The maximum absolute atomic E-state index is 12.9. The summed E-state index contributed by atoms with van der Waals surface area (Å²) in [5.74, 6) is -0.193. The van der Waals surface area contributed by atoms with E-state index >= 15 is 0 Å². The van der Waals surface area contributed by atoms with Crippen molar-refractivity contribution in [2.75, 3.05) is 18.5 Å². The average molecular weight is 270 g/mol. The molecule has 0 spiro atoms. The molecule has 0 aliphatic carbocycles. The molecule has 2 aromatic rings. The van der Waals surface area contributed by atoms with Crippen LogP contribution in [0.2, 0.25) is 0 Å². The van der Waals surface area contributed by atoms with Gasteiger partial charge in [0.05, 0.1) is 0 Å². The minimum atomic E-state index is -0.193. The Morgan fingerprint density at radius 2 is 1.90 bits per heavy atom. The molecule has 0 amide bonds. The first kappa shape index (κ1) is 13.1. The summed E-state index contributed by atoms with van der Waals surface area (Å²) in [6, 6.07) is 13.4. The summed E-state index contributed by atoms with van der Waals surface area (Å²) in [4.78, 5) is 2.14. The Morgan fingerprint density at radius 1 is 1.10 bits per heavy atom. The van der Waals surface area contributed by atoms with Gasteiger partial charge in [0.25, 0.3) is 0 Å². The monoisotopic (exact) mass is 270 g/mol. The van der Waals surface area contributed by atoms with Crippen LogP contribution in [0.3, 0.4) is 0 Å². The van der Waals surface area contributed by atoms with Crippen molar-refractivity contribution in [1.29, 1.82) is 0 Å². The van der Waals surface area contributed by atoms with Crippen molar-refractivity contribution in [1.82, 2.24) is 5.32 Å². The Hall–Kier alpha value is -1.87. The van der Waals surface area contributed by atoms with Gasteiger partial charge in [-0.3, -0.25) is 0 Å². The molecule has 1 aliphatic heterocycles. The fraction of sp³-hybridized carbons (Fsp3) is 0.294. The summed E-state index contributed by atoms with van der Waals surface area (Å²) in [6.07, 6.45) is 1.11. The second-order valence-electron chi connectivity index (χ2n) is 5.36. The molecular formula is C17H19FN2. The van der Waals surface area contributed by atoms with Crippen molar-refractivity contribution in [2.45, 2.75) is 19.5 Å². The van der Waals surface area contributed by atoms with E-state index in [1.165, 1.54) is 28.8 Å². The lowest BCUT2D eigenvalue weighted by Crippen LogP contribution is -2.24.